The first-order chi connectivity index (χ1) is 10.4. The van der Waals surface area contributed by atoms with E-state index in [1.807, 2.05) is 32.2 Å². The van der Waals surface area contributed by atoms with E-state index in [1.165, 1.54) is 9.78 Å². The number of nitrogens with one attached hydrogen (secondary N) is 1. The molecule has 0 aliphatic heterocycles. The van der Waals surface area contributed by atoms with Crippen LogP contribution in [-0.4, -0.2) is 53.8 Å². The minimum absolute atomic E-state index is 0.0840. The van der Waals surface area contributed by atoms with Gasteiger partial charge >= 0.3 is 0 Å². The Bertz CT molecular complexity index is 672. The molecule has 0 atom stereocenters. The van der Waals surface area contributed by atoms with E-state index in [0.29, 0.717) is 12.1 Å². The number of carbonyl (C=O) groups is 2. The monoisotopic (exact) mass is 319 g/mol. The zero-order chi connectivity index (χ0) is 16.3. The summed E-state index contributed by atoms with van der Waals surface area (Å²) < 4.78 is 0. The summed E-state index contributed by atoms with van der Waals surface area (Å²) in [4.78, 5) is 32.9. The molecule has 0 saturated carbocycles. The van der Waals surface area contributed by atoms with Crippen LogP contribution in [0.15, 0.2) is 24.5 Å². The van der Waals surface area contributed by atoms with E-state index in [2.05, 4.69) is 4.98 Å². The molecule has 22 heavy (non-hydrogen) atoms. The second-order valence-corrected chi connectivity index (χ2v) is 6.59. The highest BCUT2D eigenvalue weighted by Crippen LogP contribution is 2.30. The van der Waals surface area contributed by atoms with E-state index in [-0.39, 0.29) is 18.4 Å². The van der Waals surface area contributed by atoms with E-state index < -0.39 is 0 Å². The molecule has 5 nitrogen and oxygen atoms in total. The zero-order valence-electron chi connectivity index (χ0n) is 13.3. The lowest BCUT2D eigenvalue weighted by Gasteiger charge is -2.22. The average molecular weight is 319 g/mol. The smallest absolute Gasteiger partial charge is 0.256 e. The first kappa shape index (κ1) is 16.3. The maximum absolute atomic E-state index is 12.7. The number of carbonyl (C=O) groups excluding carboxylic acids is 2. The molecule has 6 heteroatoms. The van der Waals surface area contributed by atoms with Gasteiger partial charge in [0.25, 0.3) is 5.91 Å². The maximum atomic E-state index is 12.7. The number of aromatic nitrogens is 1. The Kier molecular flexibility index (Phi) is 5.03. The van der Waals surface area contributed by atoms with Crippen molar-refractivity contribution >= 4 is 23.2 Å². The number of amides is 2. The Morgan fingerprint density at radius 2 is 1.95 bits per heavy atom. The Labute approximate surface area is 134 Å². The first-order valence-electron chi connectivity index (χ1n) is 7.17. The van der Waals surface area contributed by atoms with Gasteiger partial charge in [-0.05, 0) is 26.0 Å². The topological polar surface area (TPSA) is 56.4 Å². The predicted molar refractivity (Wildman–Crippen MR) is 89.1 cm³/mol. The third-order valence-corrected chi connectivity index (χ3v) is 4.51. The van der Waals surface area contributed by atoms with Crippen molar-refractivity contribution in [2.45, 2.75) is 13.8 Å². The largest absolute Gasteiger partial charge is 0.366 e. The molecule has 2 amide bonds. The van der Waals surface area contributed by atoms with Crippen molar-refractivity contribution in [1.29, 1.82) is 0 Å². The number of rotatable bonds is 5. The van der Waals surface area contributed by atoms with Crippen LogP contribution in [0.1, 0.15) is 22.2 Å². The van der Waals surface area contributed by atoms with Gasteiger partial charge in [-0.1, -0.05) is 0 Å². The van der Waals surface area contributed by atoms with E-state index >= 15 is 0 Å². The van der Waals surface area contributed by atoms with Gasteiger partial charge < -0.3 is 14.8 Å². The van der Waals surface area contributed by atoms with Crippen LogP contribution in [0.5, 0.6) is 0 Å². The fourth-order valence-electron chi connectivity index (χ4n) is 2.13. The third-order valence-electron chi connectivity index (χ3n) is 3.48. The minimum Gasteiger partial charge on any atom is -0.366 e. The summed E-state index contributed by atoms with van der Waals surface area (Å²) in [6, 6.07) is 4.05. The lowest BCUT2D eigenvalue weighted by Crippen LogP contribution is -2.40. The maximum Gasteiger partial charge on any atom is 0.256 e. The molecule has 0 bridgehead atoms. The lowest BCUT2D eigenvalue weighted by atomic mass is 10.1. The van der Waals surface area contributed by atoms with Gasteiger partial charge in [-0.15, -0.1) is 11.3 Å². The summed E-state index contributed by atoms with van der Waals surface area (Å²) in [5.74, 6) is -0.209. The van der Waals surface area contributed by atoms with Crippen molar-refractivity contribution in [1.82, 2.24) is 14.8 Å². The van der Waals surface area contributed by atoms with Crippen LogP contribution in [0.2, 0.25) is 0 Å². The number of H-pyrrole nitrogens is 1. The lowest BCUT2D eigenvalue weighted by molar-refractivity contribution is -0.129. The van der Waals surface area contributed by atoms with E-state index in [0.717, 1.165) is 10.4 Å². The van der Waals surface area contributed by atoms with Crippen LogP contribution in [0.4, 0.5) is 0 Å². The molecule has 0 aliphatic rings. The average Bonchev–Trinajstić information content (AvgIpc) is 3.11. The highest BCUT2D eigenvalue weighted by molar-refractivity contribution is 7.15. The van der Waals surface area contributed by atoms with Crippen LogP contribution in [-0.2, 0) is 4.79 Å². The van der Waals surface area contributed by atoms with Gasteiger partial charge in [0, 0.05) is 48.4 Å². The van der Waals surface area contributed by atoms with Crippen molar-refractivity contribution in [3.05, 3.63) is 35.0 Å². The Morgan fingerprint density at radius 3 is 2.50 bits per heavy atom. The molecule has 0 radical (unpaired) electrons. The molecular weight excluding hydrogens is 298 g/mol. The van der Waals surface area contributed by atoms with Gasteiger partial charge in [0.2, 0.25) is 5.91 Å². The normalized spacial score (nSPS) is 10.5. The SMILES string of the molecule is CCN(CC(=O)N(C)C)C(=O)c1c[nH]cc1-c1ccc(C)s1. The fraction of sp³-hybridized carbons (Fsp3) is 0.375. The summed E-state index contributed by atoms with van der Waals surface area (Å²) in [6.45, 7) is 4.50. The van der Waals surface area contributed by atoms with Crippen LogP contribution in [0.3, 0.4) is 0 Å². The van der Waals surface area contributed by atoms with Crippen LogP contribution in [0, 0.1) is 6.92 Å². The molecular formula is C16H21N3O2S. The Morgan fingerprint density at radius 1 is 1.23 bits per heavy atom. The Hall–Kier alpha value is -2.08. The van der Waals surface area contributed by atoms with Gasteiger partial charge in [-0.3, -0.25) is 9.59 Å². The van der Waals surface area contributed by atoms with Gasteiger partial charge in [0.15, 0.2) is 0 Å². The summed E-state index contributed by atoms with van der Waals surface area (Å²) in [5.41, 5.74) is 1.49. The molecule has 118 valence electrons. The van der Waals surface area contributed by atoms with E-state index in [1.54, 1.807) is 36.5 Å². The second kappa shape index (κ2) is 6.79. The summed E-state index contributed by atoms with van der Waals surface area (Å²) in [7, 11) is 3.38. The van der Waals surface area contributed by atoms with Crippen molar-refractivity contribution < 1.29 is 9.59 Å². The molecule has 2 heterocycles. The standard InChI is InChI=1S/C16H21N3O2S/c1-5-19(10-15(20)18(3)4)16(21)13-9-17-8-12(13)14-7-6-11(2)22-14/h6-9,17H,5,10H2,1-4H3. The molecule has 0 aliphatic carbocycles. The predicted octanol–water partition coefficient (Wildman–Crippen LogP) is 2.60. The summed E-state index contributed by atoms with van der Waals surface area (Å²) >= 11 is 1.65. The third kappa shape index (κ3) is 3.39. The van der Waals surface area contributed by atoms with Crippen molar-refractivity contribution in [2.75, 3.05) is 27.2 Å². The van der Waals surface area contributed by atoms with Crippen LogP contribution in [0.25, 0.3) is 10.4 Å². The van der Waals surface area contributed by atoms with Gasteiger partial charge in [0.1, 0.15) is 0 Å². The number of aryl methyl sites for hydroxylation is 1. The van der Waals surface area contributed by atoms with Gasteiger partial charge in [0.05, 0.1) is 12.1 Å². The number of aromatic amines is 1. The molecule has 0 spiro atoms. The number of thiophene rings is 1. The molecule has 0 aromatic carbocycles. The quantitative estimate of drug-likeness (QED) is 0.921. The van der Waals surface area contributed by atoms with Crippen molar-refractivity contribution in [2.24, 2.45) is 0 Å². The highest BCUT2D eigenvalue weighted by atomic mass is 32.1. The first-order valence-corrected chi connectivity index (χ1v) is 7.98. The van der Waals surface area contributed by atoms with Crippen LogP contribution >= 0.6 is 11.3 Å². The van der Waals surface area contributed by atoms with E-state index in [4.69, 9.17) is 0 Å². The van der Waals surface area contributed by atoms with Crippen molar-refractivity contribution in [3.8, 4) is 10.4 Å². The number of hydrogen-bond acceptors (Lipinski definition) is 3. The van der Waals surface area contributed by atoms with Crippen molar-refractivity contribution in [3.63, 3.8) is 0 Å². The number of likely N-dealkylation sites (N-methyl/N-ethyl adjacent to an activating group) is 2. The number of hydrogen-bond donors (Lipinski definition) is 1. The van der Waals surface area contributed by atoms with Gasteiger partial charge in [-0.2, -0.15) is 0 Å². The molecule has 1 N–H and O–H groups in total. The molecule has 2 aromatic rings. The van der Waals surface area contributed by atoms with E-state index in [9.17, 15) is 9.59 Å². The molecule has 0 unspecified atom stereocenters. The highest BCUT2D eigenvalue weighted by Gasteiger charge is 2.22. The number of nitrogens with zero attached hydrogens (tertiary/aromatic N) is 2. The van der Waals surface area contributed by atoms with Crippen LogP contribution < -0.4 is 0 Å². The second-order valence-electron chi connectivity index (χ2n) is 5.30. The molecule has 2 aromatic heterocycles. The minimum atomic E-state index is -0.125. The summed E-state index contributed by atoms with van der Waals surface area (Å²) in [5, 5.41) is 0. The fourth-order valence-corrected chi connectivity index (χ4v) is 3.02. The Balaban J connectivity index is 2.25. The van der Waals surface area contributed by atoms with Gasteiger partial charge in [-0.25, -0.2) is 0 Å². The molecule has 0 fully saturated rings. The molecule has 0 saturated heterocycles. The summed E-state index contributed by atoms with van der Waals surface area (Å²) in [6.07, 6.45) is 3.54. The molecule has 2 rings (SSSR count). The zero-order valence-corrected chi connectivity index (χ0v) is 14.2.